The van der Waals surface area contributed by atoms with Crippen LogP contribution in [0.3, 0.4) is 0 Å². The molecule has 5 heteroatoms. The van der Waals surface area contributed by atoms with Crippen LogP contribution in [-0.4, -0.2) is 16.5 Å². The summed E-state index contributed by atoms with van der Waals surface area (Å²) in [4.78, 5) is 8.19. The second-order valence-corrected chi connectivity index (χ2v) is 4.22. The maximum atomic E-state index is 13.3. The molecule has 0 saturated heterocycles. The molecule has 0 fully saturated rings. The van der Waals surface area contributed by atoms with Crippen LogP contribution < -0.4 is 5.32 Å². The van der Waals surface area contributed by atoms with Gasteiger partial charge in [0.15, 0.2) is 0 Å². The Kier molecular flexibility index (Phi) is 4.52. The molecule has 100 valence electrons. The van der Waals surface area contributed by atoms with Gasteiger partial charge in [0.05, 0.1) is 17.9 Å². The van der Waals surface area contributed by atoms with Crippen molar-refractivity contribution in [2.75, 3.05) is 6.54 Å². The fourth-order valence-electron chi connectivity index (χ4n) is 1.88. The molecule has 1 aromatic carbocycles. The molecule has 2 rings (SSSR count). The number of rotatable bonds is 5. The summed E-state index contributed by atoms with van der Waals surface area (Å²) in [7, 11) is 0. The van der Waals surface area contributed by atoms with Crippen LogP contribution in [-0.2, 0) is 0 Å². The van der Waals surface area contributed by atoms with Crippen LogP contribution in [0.15, 0.2) is 36.8 Å². The monoisotopic (exact) mass is 263 g/mol. The average Bonchev–Trinajstić information content (AvgIpc) is 2.39. The molecule has 2 aromatic rings. The summed E-state index contributed by atoms with van der Waals surface area (Å²) < 4.78 is 26.6. The minimum absolute atomic E-state index is 0.362. The summed E-state index contributed by atoms with van der Waals surface area (Å²) in [6.45, 7) is 2.74. The zero-order valence-electron chi connectivity index (χ0n) is 10.6. The van der Waals surface area contributed by atoms with Gasteiger partial charge in [-0.15, -0.1) is 0 Å². The van der Waals surface area contributed by atoms with E-state index < -0.39 is 11.6 Å². The van der Waals surface area contributed by atoms with Gasteiger partial charge in [-0.05, 0) is 30.7 Å². The van der Waals surface area contributed by atoms with Crippen molar-refractivity contribution >= 4 is 0 Å². The first-order valence-electron chi connectivity index (χ1n) is 6.16. The van der Waals surface area contributed by atoms with E-state index in [1.54, 1.807) is 18.6 Å². The summed E-state index contributed by atoms with van der Waals surface area (Å²) in [5, 5.41) is 3.22. The molecule has 0 amide bonds. The Morgan fingerprint density at radius 1 is 1.16 bits per heavy atom. The first-order chi connectivity index (χ1) is 9.20. The maximum absolute atomic E-state index is 13.3. The predicted octanol–water partition coefficient (Wildman–Crippen LogP) is 2.84. The van der Waals surface area contributed by atoms with E-state index in [4.69, 9.17) is 0 Å². The van der Waals surface area contributed by atoms with Crippen LogP contribution in [0, 0.1) is 11.6 Å². The highest BCUT2D eigenvalue weighted by Crippen LogP contribution is 2.21. The number of halogens is 2. The van der Waals surface area contributed by atoms with Crippen LogP contribution in [0.2, 0.25) is 0 Å². The molecule has 1 unspecified atom stereocenters. The molecule has 19 heavy (non-hydrogen) atoms. The van der Waals surface area contributed by atoms with Gasteiger partial charge >= 0.3 is 0 Å². The molecule has 0 aliphatic carbocycles. The first kappa shape index (κ1) is 13.5. The van der Waals surface area contributed by atoms with E-state index in [9.17, 15) is 8.78 Å². The molecule has 0 spiro atoms. The minimum Gasteiger partial charge on any atom is -0.305 e. The summed E-state index contributed by atoms with van der Waals surface area (Å²) in [6, 6.07) is 3.12. The van der Waals surface area contributed by atoms with Gasteiger partial charge in [0.25, 0.3) is 0 Å². The lowest BCUT2D eigenvalue weighted by Crippen LogP contribution is -2.24. The third-order valence-electron chi connectivity index (χ3n) is 2.70. The van der Waals surface area contributed by atoms with Crippen LogP contribution in [0.25, 0.3) is 0 Å². The molecular formula is C14H15F2N3. The SMILES string of the molecule is CCCNC(c1cc(F)cc(F)c1)c1cnccn1. The van der Waals surface area contributed by atoms with Gasteiger partial charge in [0, 0.05) is 18.5 Å². The van der Waals surface area contributed by atoms with E-state index in [2.05, 4.69) is 15.3 Å². The third-order valence-corrected chi connectivity index (χ3v) is 2.70. The van der Waals surface area contributed by atoms with Crippen LogP contribution in [0.4, 0.5) is 8.78 Å². The number of aromatic nitrogens is 2. The van der Waals surface area contributed by atoms with Crippen LogP contribution >= 0.6 is 0 Å². The van der Waals surface area contributed by atoms with Crippen molar-refractivity contribution < 1.29 is 8.78 Å². The van der Waals surface area contributed by atoms with Crippen LogP contribution in [0.5, 0.6) is 0 Å². The lowest BCUT2D eigenvalue weighted by atomic mass is 10.0. The molecule has 0 saturated carbocycles. The topological polar surface area (TPSA) is 37.8 Å². The maximum Gasteiger partial charge on any atom is 0.126 e. The molecule has 0 aliphatic heterocycles. The van der Waals surface area contributed by atoms with E-state index in [0.717, 1.165) is 19.0 Å². The molecule has 1 aromatic heterocycles. The normalized spacial score (nSPS) is 12.4. The quantitative estimate of drug-likeness (QED) is 0.901. The smallest absolute Gasteiger partial charge is 0.126 e. The fraction of sp³-hybridized carbons (Fsp3) is 0.286. The Morgan fingerprint density at radius 3 is 2.47 bits per heavy atom. The number of nitrogens with zero attached hydrogens (tertiary/aromatic N) is 2. The van der Waals surface area contributed by atoms with Crippen molar-refractivity contribution in [3.05, 3.63) is 59.7 Å². The highest BCUT2D eigenvalue weighted by Gasteiger charge is 2.16. The van der Waals surface area contributed by atoms with Crippen LogP contribution in [0.1, 0.15) is 30.6 Å². The molecular weight excluding hydrogens is 248 g/mol. The summed E-state index contributed by atoms with van der Waals surface area (Å²) in [5.41, 5.74) is 1.15. The molecule has 0 bridgehead atoms. The first-order valence-corrected chi connectivity index (χ1v) is 6.16. The van der Waals surface area contributed by atoms with Crippen molar-refractivity contribution in [1.29, 1.82) is 0 Å². The minimum atomic E-state index is -0.595. The molecule has 1 atom stereocenters. The highest BCUT2D eigenvalue weighted by molar-refractivity contribution is 5.27. The summed E-state index contributed by atoms with van der Waals surface area (Å²) >= 11 is 0. The van der Waals surface area contributed by atoms with E-state index in [-0.39, 0.29) is 6.04 Å². The molecule has 0 radical (unpaired) electrons. The molecule has 1 heterocycles. The highest BCUT2D eigenvalue weighted by atomic mass is 19.1. The fourth-order valence-corrected chi connectivity index (χ4v) is 1.88. The second-order valence-electron chi connectivity index (χ2n) is 4.22. The standard InChI is InChI=1S/C14H15F2N3/c1-2-3-19-14(13-9-17-4-5-18-13)10-6-11(15)8-12(16)7-10/h4-9,14,19H,2-3H2,1H3. The van der Waals surface area contributed by atoms with Crippen molar-refractivity contribution in [2.24, 2.45) is 0 Å². The second kappa shape index (κ2) is 6.33. The Morgan fingerprint density at radius 2 is 1.89 bits per heavy atom. The number of hydrogen-bond acceptors (Lipinski definition) is 3. The van der Waals surface area contributed by atoms with Gasteiger partial charge in [-0.25, -0.2) is 8.78 Å². The summed E-state index contributed by atoms with van der Waals surface area (Å²) in [5.74, 6) is -1.19. The number of nitrogens with one attached hydrogen (secondary N) is 1. The molecule has 0 aliphatic rings. The van der Waals surface area contributed by atoms with E-state index in [1.807, 2.05) is 6.92 Å². The van der Waals surface area contributed by atoms with Crippen molar-refractivity contribution in [3.8, 4) is 0 Å². The third kappa shape index (κ3) is 3.54. The zero-order valence-corrected chi connectivity index (χ0v) is 10.6. The lowest BCUT2D eigenvalue weighted by Gasteiger charge is -2.18. The van der Waals surface area contributed by atoms with E-state index in [1.165, 1.54) is 12.1 Å². The summed E-state index contributed by atoms with van der Waals surface area (Å²) in [6.07, 6.45) is 5.63. The molecule has 3 nitrogen and oxygen atoms in total. The van der Waals surface area contributed by atoms with Crippen molar-refractivity contribution in [2.45, 2.75) is 19.4 Å². The Hall–Kier alpha value is -1.88. The van der Waals surface area contributed by atoms with Gasteiger partial charge in [-0.1, -0.05) is 6.92 Å². The number of hydrogen-bond donors (Lipinski definition) is 1. The van der Waals surface area contributed by atoms with Gasteiger partial charge in [-0.2, -0.15) is 0 Å². The van der Waals surface area contributed by atoms with Gasteiger partial charge < -0.3 is 5.32 Å². The van der Waals surface area contributed by atoms with E-state index in [0.29, 0.717) is 11.3 Å². The van der Waals surface area contributed by atoms with Crippen molar-refractivity contribution in [1.82, 2.24) is 15.3 Å². The average molecular weight is 263 g/mol. The predicted molar refractivity (Wildman–Crippen MR) is 68.5 cm³/mol. The zero-order chi connectivity index (χ0) is 13.7. The Labute approximate surface area is 110 Å². The Balaban J connectivity index is 2.36. The number of benzene rings is 1. The molecule has 1 N–H and O–H groups in total. The van der Waals surface area contributed by atoms with Gasteiger partial charge in [0.1, 0.15) is 11.6 Å². The van der Waals surface area contributed by atoms with Gasteiger partial charge in [0.2, 0.25) is 0 Å². The van der Waals surface area contributed by atoms with E-state index >= 15 is 0 Å². The van der Waals surface area contributed by atoms with Gasteiger partial charge in [-0.3, -0.25) is 9.97 Å². The van der Waals surface area contributed by atoms with Crippen molar-refractivity contribution in [3.63, 3.8) is 0 Å². The largest absolute Gasteiger partial charge is 0.305 e. The lowest BCUT2D eigenvalue weighted by molar-refractivity contribution is 0.552. The Bertz CT molecular complexity index is 511.